The molecule has 4 nitrogen and oxygen atoms in total. The van der Waals surface area contributed by atoms with Crippen LogP contribution >= 0.6 is 11.6 Å². The molecule has 0 aliphatic heterocycles. The first-order valence-electron chi connectivity index (χ1n) is 8.63. The number of halogens is 1. The molecule has 0 amide bonds. The Bertz CT molecular complexity index is 797. The molecule has 2 aromatic rings. The van der Waals surface area contributed by atoms with E-state index >= 15 is 0 Å². The van der Waals surface area contributed by atoms with Gasteiger partial charge in [0.2, 0.25) is 0 Å². The molecule has 0 radical (unpaired) electrons. The third kappa shape index (κ3) is 2.26. The van der Waals surface area contributed by atoms with E-state index in [1.165, 1.54) is 19.2 Å². The van der Waals surface area contributed by atoms with Crippen molar-refractivity contribution >= 4 is 22.6 Å². The Balaban J connectivity index is 1.83. The van der Waals surface area contributed by atoms with E-state index in [0.717, 1.165) is 23.2 Å². The second kappa shape index (κ2) is 5.48. The zero-order valence-electron chi connectivity index (χ0n) is 14.5. The molecule has 0 bridgehead atoms. The van der Waals surface area contributed by atoms with Crippen LogP contribution in [0.15, 0.2) is 25.2 Å². The molecule has 2 fully saturated rings. The predicted molar refractivity (Wildman–Crippen MR) is 96.4 cm³/mol. The first-order chi connectivity index (χ1) is 11.4. The summed E-state index contributed by atoms with van der Waals surface area (Å²) in [6.07, 6.45) is 9.39. The lowest BCUT2D eigenvalue weighted by atomic mass is 9.85. The lowest BCUT2D eigenvalue weighted by Gasteiger charge is -2.24. The topological polar surface area (TPSA) is 39.9 Å². The van der Waals surface area contributed by atoms with Crippen LogP contribution in [0.1, 0.15) is 39.2 Å². The van der Waals surface area contributed by atoms with E-state index in [9.17, 15) is 0 Å². The highest BCUT2D eigenvalue weighted by Crippen LogP contribution is 2.59. The average molecular weight is 346 g/mol. The van der Waals surface area contributed by atoms with E-state index in [4.69, 9.17) is 16.3 Å². The fourth-order valence-electron chi connectivity index (χ4n) is 5.19. The zero-order valence-corrected chi connectivity index (χ0v) is 15.3. The highest BCUT2D eigenvalue weighted by molar-refractivity contribution is 6.34. The third-order valence-corrected chi connectivity index (χ3v) is 6.38. The number of allylic oxidation sites excluding steroid dienone is 1. The van der Waals surface area contributed by atoms with Crippen LogP contribution in [-0.4, -0.2) is 21.6 Å². The van der Waals surface area contributed by atoms with Gasteiger partial charge in [0.1, 0.15) is 22.9 Å². The van der Waals surface area contributed by atoms with Gasteiger partial charge in [-0.25, -0.2) is 9.97 Å². The van der Waals surface area contributed by atoms with Crippen molar-refractivity contribution < 1.29 is 4.74 Å². The smallest absolute Gasteiger partial charge is 0.149 e. The molecule has 4 rings (SSSR count). The molecule has 5 heteroatoms. The Labute approximate surface area is 147 Å². The highest BCUT2D eigenvalue weighted by Gasteiger charge is 2.51. The quantitative estimate of drug-likeness (QED) is 0.587. The minimum Gasteiger partial charge on any atom is -0.494 e. The fourth-order valence-corrected chi connectivity index (χ4v) is 5.42. The van der Waals surface area contributed by atoms with Crippen LogP contribution in [0.4, 0.5) is 0 Å². The van der Waals surface area contributed by atoms with Crippen molar-refractivity contribution in [3.05, 3.63) is 30.3 Å². The molecule has 2 aliphatic carbocycles. The summed E-state index contributed by atoms with van der Waals surface area (Å²) in [6, 6.07) is 0.414. The molecule has 0 aromatic carbocycles. The van der Waals surface area contributed by atoms with E-state index in [1.807, 2.05) is 0 Å². The number of hydrogen-bond donors (Lipinski definition) is 0. The minimum atomic E-state index is 0.398. The van der Waals surface area contributed by atoms with Crippen molar-refractivity contribution in [2.75, 3.05) is 7.11 Å². The number of methoxy groups -OCH3 is 1. The molecular weight excluding hydrogens is 322 g/mol. The van der Waals surface area contributed by atoms with Crippen LogP contribution in [0.25, 0.3) is 11.0 Å². The maximum atomic E-state index is 6.31. The molecular formula is C19H24ClN3O. The van der Waals surface area contributed by atoms with Gasteiger partial charge in [0.25, 0.3) is 0 Å². The van der Waals surface area contributed by atoms with Crippen molar-refractivity contribution in [2.45, 2.75) is 39.2 Å². The van der Waals surface area contributed by atoms with Crippen molar-refractivity contribution in [1.82, 2.24) is 14.5 Å². The maximum absolute atomic E-state index is 6.31. The summed E-state index contributed by atoms with van der Waals surface area (Å²) in [6.45, 7) is 8.87. The molecule has 2 aromatic heterocycles. The standard InChI is InChI=1S/C19H24ClN3O/c1-5-11-6-14(13-8-19(2,3)7-12(11)13)23-9-15(24-4)16-17(20)21-10-22-18(16)23/h5,9-14H,1,6-8H2,2-4H3/t11-,12+,13+,14+/m0/s1. The normalized spacial score (nSPS) is 31.3. The minimum absolute atomic E-state index is 0.398. The number of nitrogens with zero attached hydrogens (tertiary/aromatic N) is 3. The summed E-state index contributed by atoms with van der Waals surface area (Å²) in [4.78, 5) is 8.64. The monoisotopic (exact) mass is 345 g/mol. The van der Waals surface area contributed by atoms with Gasteiger partial charge in [-0.15, -0.1) is 6.58 Å². The summed E-state index contributed by atoms with van der Waals surface area (Å²) >= 11 is 6.31. The van der Waals surface area contributed by atoms with Gasteiger partial charge in [-0.05, 0) is 42.4 Å². The van der Waals surface area contributed by atoms with Crippen LogP contribution in [-0.2, 0) is 0 Å². The Morgan fingerprint density at radius 2 is 2.08 bits per heavy atom. The summed E-state index contributed by atoms with van der Waals surface area (Å²) in [5.74, 6) is 2.69. The molecule has 0 saturated heterocycles. The average Bonchev–Trinajstić information content (AvgIpc) is 3.16. The molecule has 2 saturated carbocycles. The van der Waals surface area contributed by atoms with Gasteiger partial charge in [-0.2, -0.15) is 0 Å². The Kier molecular flexibility index (Phi) is 3.64. The van der Waals surface area contributed by atoms with E-state index < -0.39 is 0 Å². The summed E-state index contributed by atoms with van der Waals surface area (Å²) in [7, 11) is 1.67. The maximum Gasteiger partial charge on any atom is 0.149 e. The Morgan fingerprint density at radius 3 is 2.79 bits per heavy atom. The molecule has 128 valence electrons. The second-order valence-electron chi connectivity index (χ2n) is 8.07. The molecule has 0 N–H and O–H groups in total. The number of fused-ring (bicyclic) bond motifs is 2. The zero-order chi connectivity index (χ0) is 17.1. The summed E-state index contributed by atoms with van der Waals surface area (Å²) in [5, 5.41) is 1.27. The van der Waals surface area contributed by atoms with Crippen LogP contribution in [0.2, 0.25) is 5.15 Å². The number of ether oxygens (including phenoxy) is 1. The van der Waals surface area contributed by atoms with Gasteiger partial charge < -0.3 is 9.30 Å². The number of hydrogen-bond acceptors (Lipinski definition) is 3. The van der Waals surface area contributed by atoms with Gasteiger partial charge in [-0.3, -0.25) is 0 Å². The van der Waals surface area contributed by atoms with Crippen molar-refractivity contribution in [3.63, 3.8) is 0 Å². The van der Waals surface area contributed by atoms with E-state index in [2.05, 4.69) is 47.2 Å². The largest absolute Gasteiger partial charge is 0.494 e. The van der Waals surface area contributed by atoms with Crippen molar-refractivity contribution in [2.24, 2.45) is 23.2 Å². The van der Waals surface area contributed by atoms with E-state index in [1.54, 1.807) is 7.11 Å². The third-order valence-electron chi connectivity index (χ3n) is 6.09. The Morgan fingerprint density at radius 1 is 1.33 bits per heavy atom. The SMILES string of the molecule is C=C[C@H]1C[C@@H](n2cc(OC)c3c(Cl)ncnc32)[C@@H]2CC(C)(C)C[C@@H]21. The molecule has 24 heavy (non-hydrogen) atoms. The first kappa shape index (κ1) is 15.9. The Hall–Kier alpha value is -1.55. The second-order valence-corrected chi connectivity index (χ2v) is 8.43. The van der Waals surface area contributed by atoms with Crippen LogP contribution in [0.3, 0.4) is 0 Å². The molecule has 0 spiro atoms. The first-order valence-corrected chi connectivity index (χ1v) is 9.00. The lowest BCUT2D eigenvalue weighted by molar-refractivity contribution is 0.304. The van der Waals surface area contributed by atoms with Crippen LogP contribution < -0.4 is 4.74 Å². The van der Waals surface area contributed by atoms with Crippen molar-refractivity contribution in [3.8, 4) is 5.75 Å². The van der Waals surface area contributed by atoms with E-state index in [0.29, 0.717) is 34.4 Å². The van der Waals surface area contributed by atoms with E-state index in [-0.39, 0.29) is 0 Å². The van der Waals surface area contributed by atoms with Gasteiger partial charge in [0.15, 0.2) is 0 Å². The number of rotatable bonds is 3. The highest BCUT2D eigenvalue weighted by atomic mass is 35.5. The molecule has 2 aliphatic rings. The molecule has 2 heterocycles. The van der Waals surface area contributed by atoms with Crippen LogP contribution in [0.5, 0.6) is 5.75 Å². The molecule has 0 unspecified atom stereocenters. The number of aromatic nitrogens is 3. The van der Waals surface area contributed by atoms with Gasteiger partial charge >= 0.3 is 0 Å². The lowest BCUT2D eigenvalue weighted by Crippen LogP contribution is -2.16. The fraction of sp³-hybridized carbons (Fsp3) is 0.579. The summed E-state index contributed by atoms with van der Waals surface area (Å²) < 4.78 is 7.83. The van der Waals surface area contributed by atoms with Crippen LogP contribution in [0, 0.1) is 23.2 Å². The molecule has 4 atom stereocenters. The van der Waals surface area contributed by atoms with Gasteiger partial charge in [0.05, 0.1) is 12.5 Å². The van der Waals surface area contributed by atoms with Gasteiger partial charge in [0, 0.05) is 12.2 Å². The predicted octanol–water partition coefficient (Wildman–Crippen LogP) is 4.89. The summed E-state index contributed by atoms with van der Waals surface area (Å²) in [5.41, 5.74) is 1.28. The van der Waals surface area contributed by atoms with Crippen molar-refractivity contribution in [1.29, 1.82) is 0 Å². The van der Waals surface area contributed by atoms with Gasteiger partial charge in [-0.1, -0.05) is 31.5 Å².